The molecule has 1 aliphatic heterocycles. The minimum absolute atomic E-state index is 0.0525. The Kier molecular flexibility index (Phi) is 6.56. The van der Waals surface area contributed by atoms with Crippen LogP contribution in [-0.2, 0) is 4.79 Å². The molecule has 164 valence electrons. The number of benzene rings is 2. The molecule has 0 spiro atoms. The normalized spacial score (nSPS) is 19.1. The Bertz CT molecular complexity index is 952. The van der Waals surface area contributed by atoms with Crippen LogP contribution in [0.2, 0.25) is 0 Å². The Morgan fingerprint density at radius 3 is 2.77 bits per heavy atom. The molecule has 6 heteroatoms. The SMILES string of the molecule is Cc1ccc([C@H]2CC(=O)N(c3cccc(C(=O)NCCO)c3)C2)cc1OC1CCCC1. The molecule has 1 saturated carbocycles. The molecule has 2 N–H and O–H groups in total. The van der Waals surface area contributed by atoms with Crippen LogP contribution in [0.1, 0.15) is 59.5 Å². The quantitative estimate of drug-likeness (QED) is 0.715. The van der Waals surface area contributed by atoms with Crippen LogP contribution in [0.15, 0.2) is 42.5 Å². The lowest BCUT2D eigenvalue weighted by Crippen LogP contribution is -2.27. The highest BCUT2D eigenvalue weighted by atomic mass is 16.5. The topological polar surface area (TPSA) is 78.9 Å². The molecule has 0 aromatic heterocycles. The average Bonchev–Trinajstić information content (AvgIpc) is 3.43. The van der Waals surface area contributed by atoms with Crippen molar-refractivity contribution in [1.29, 1.82) is 0 Å². The number of nitrogens with zero attached hydrogens (tertiary/aromatic N) is 1. The predicted octanol–water partition coefficient (Wildman–Crippen LogP) is 3.56. The summed E-state index contributed by atoms with van der Waals surface area (Å²) in [5.74, 6) is 0.812. The highest BCUT2D eigenvalue weighted by Gasteiger charge is 2.32. The summed E-state index contributed by atoms with van der Waals surface area (Å²) in [6.07, 6.45) is 5.42. The third-order valence-corrected chi connectivity index (χ3v) is 6.22. The van der Waals surface area contributed by atoms with E-state index in [1.165, 1.54) is 12.8 Å². The maximum absolute atomic E-state index is 12.8. The number of hydrogen-bond donors (Lipinski definition) is 2. The second kappa shape index (κ2) is 9.52. The molecule has 0 radical (unpaired) electrons. The van der Waals surface area contributed by atoms with E-state index in [4.69, 9.17) is 9.84 Å². The predicted molar refractivity (Wildman–Crippen MR) is 120 cm³/mol. The van der Waals surface area contributed by atoms with Gasteiger partial charge < -0.3 is 20.1 Å². The summed E-state index contributed by atoms with van der Waals surface area (Å²) in [7, 11) is 0. The average molecular weight is 423 g/mol. The number of hydrogen-bond acceptors (Lipinski definition) is 4. The highest BCUT2D eigenvalue weighted by Crippen LogP contribution is 2.35. The molecule has 0 unspecified atom stereocenters. The van der Waals surface area contributed by atoms with Crippen LogP contribution in [0.3, 0.4) is 0 Å². The van der Waals surface area contributed by atoms with E-state index >= 15 is 0 Å². The Labute approximate surface area is 183 Å². The summed E-state index contributed by atoms with van der Waals surface area (Å²) >= 11 is 0. The van der Waals surface area contributed by atoms with Gasteiger partial charge in [-0.05, 0) is 68.0 Å². The molecule has 2 aromatic rings. The standard InChI is InChI=1S/C25H30N2O4/c1-17-9-10-18(14-23(17)31-22-7-2-3-8-22)20-15-24(29)27(16-20)21-6-4-5-19(13-21)25(30)26-11-12-28/h4-6,9-10,13-14,20,22,28H,2-3,7-8,11-12,15-16H2,1H3,(H,26,30)/t20-/m0/s1. The van der Waals surface area contributed by atoms with Gasteiger partial charge in [-0.25, -0.2) is 0 Å². The van der Waals surface area contributed by atoms with E-state index < -0.39 is 0 Å². The maximum atomic E-state index is 12.8. The van der Waals surface area contributed by atoms with Crippen LogP contribution in [0.4, 0.5) is 5.69 Å². The van der Waals surface area contributed by atoms with Crippen LogP contribution in [-0.4, -0.2) is 42.7 Å². The third-order valence-electron chi connectivity index (χ3n) is 6.22. The second-order valence-corrected chi connectivity index (χ2v) is 8.48. The maximum Gasteiger partial charge on any atom is 0.251 e. The smallest absolute Gasteiger partial charge is 0.251 e. The number of amides is 2. The van der Waals surface area contributed by atoms with Crippen LogP contribution in [0, 0.1) is 6.92 Å². The van der Waals surface area contributed by atoms with E-state index in [0.717, 1.165) is 35.4 Å². The third kappa shape index (κ3) is 4.90. The first kappa shape index (κ1) is 21.4. The molecule has 0 bridgehead atoms. The number of aryl methyl sites for hydroxylation is 1. The summed E-state index contributed by atoms with van der Waals surface area (Å²) in [4.78, 5) is 26.8. The molecule has 6 nitrogen and oxygen atoms in total. The summed E-state index contributed by atoms with van der Waals surface area (Å²) in [5.41, 5.74) is 3.44. The number of rotatable bonds is 7. The van der Waals surface area contributed by atoms with Gasteiger partial charge in [0.05, 0.1) is 12.7 Å². The minimum atomic E-state index is -0.258. The summed E-state index contributed by atoms with van der Waals surface area (Å²) < 4.78 is 6.26. The van der Waals surface area contributed by atoms with Crippen molar-refractivity contribution in [2.45, 2.75) is 51.0 Å². The highest BCUT2D eigenvalue weighted by molar-refractivity contribution is 5.99. The molecule has 2 aromatic carbocycles. The number of ether oxygens (including phenoxy) is 1. The Balaban J connectivity index is 1.49. The van der Waals surface area contributed by atoms with Crippen LogP contribution >= 0.6 is 0 Å². The number of nitrogens with one attached hydrogen (secondary N) is 1. The van der Waals surface area contributed by atoms with Crippen molar-refractivity contribution in [3.63, 3.8) is 0 Å². The van der Waals surface area contributed by atoms with Gasteiger partial charge in [0, 0.05) is 36.7 Å². The van der Waals surface area contributed by atoms with E-state index in [1.54, 1.807) is 23.1 Å². The molecular weight excluding hydrogens is 392 g/mol. The monoisotopic (exact) mass is 422 g/mol. The first-order valence-electron chi connectivity index (χ1n) is 11.1. The molecule has 2 fully saturated rings. The van der Waals surface area contributed by atoms with Gasteiger partial charge in [0.15, 0.2) is 0 Å². The lowest BCUT2D eigenvalue weighted by molar-refractivity contribution is -0.117. The number of carbonyl (C=O) groups is 2. The minimum Gasteiger partial charge on any atom is -0.490 e. The van der Waals surface area contributed by atoms with Crippen molar-refractivity contribution in [2.75, 3.05) is 24.6 Å². The fourth-order valence-electron chi connectivity index (χ4n) is 4.45. The molecule has 2 aliphatic rings. The van der Waals surface area contributed by atoms with Gasteiger partial charge in [-0.2, -0.15) is 0 Å². The van der Waals surface area contributed by atoms with Crippen LogP contribution in [0.25, 0.3) is 0 Å². The fraction of sp³-hybridized carbons (Fsp3) is 0.440. The van der Waals surface area contributed by atoms with Gasteiger partial charge >= 0.3 is 0 Å². The second-order valence-electron chi connectivity index (χ2n) is 8.48. The molecule has 31 heavy (non-hydrogen) atoms. The van der Waals surface area contributed by atoms with E-state index in [9.17, 15) is 9.59 Å². The number of carbonyl (C=O) groups excluding carboxylic acids is 2. The first-order chi connectivity index (χ1) is 15.0. The van der Waals surface area contributed by atoms with E-state index in [0.29, 0.717) is 24.6 Å². The van der Waals surface area contributed by atoms with E-state index in [-0.39, 0.29) is 30.9 Å². The zero-order valence-corrected chi connectivity index (χ0v) is 18.0. The summed E-state index contributed by atoms with van der Waals surface area (Å²) in [6.45, 7) is 2.73. The zero-order valence-electron chi connectivity index (χ0n) is 18.0. The summed E-state index contributed by atoms with van der Waals surface area (Å²) in [6, 6.07) is 13.4. The zero-order chi connectivity index (χ0) is 21.8. The van der Waals surface area contributed by atoms with Crippen molar-refractivity contribution in [2.24, 2.45) is 0 Å². The van der Waals surface area contributed by atoms with Gasteiger partial charge in [-0.3, -0.25) is 9.59 Å². The number of anilines is 1. The fourth-order valence-corrected chi connectivity index (χ4v) is 4.45. The molecule has 1 aliphatic carbocycles. The van der Waals surface area contributed by atoms with Crippen LogP contribution in [0.5, 0.6) is 5.75 Å². The number of aliphatic hydroxyl groups excluding tert-OH is 1. The molecular formula is C25H30N2O4. The molecule has 4 rings (SSSR count). The van der Waals surface area contributed by atoms with E-state index in [2.05, 4.69) is 30.4 Å². The van der Waals surface area contributed by atoms with Gasteiger partial charge in [0.25, 0.3) is 5.91 Å². The molecule has 2 amide bonds. The van der Waals surface area contributed by atoms with Gasteiger partial charge in [-0.1, -0.05) is 18.2 Å². The van der Waals surface area contributed by atoms with Gasteiger partial charge in [-0.15, -0.1) is 0 Å². The Morgan fingerprint density at radius 2 is 2.00 bits per heavy atom. The summed E-state index contributed by atoms with van der Waals surface area (Å²) in [5, 5.41) is 11.5. The molecule has 1 heterocycles. The van der Waals surface area contributed by atoms with Crippen molar-refractivity contribution in [1.82, 2.24) is 5.32 Å². The Morgan fingerprint density at radius 1 is 1.19 bits per heavy atom. The van der Waals surface area contributed by atoms with Gasteiger partial charge in [0.2, 0.25) is 5.91 Å². The Hall–Kier alpha value is -2.86. The lowest BCUT2D eigenvalue weighted by Gasteiger charge is -2.19. The first-order valence-corrected chi connectivity index (χ1v) is 11.1. The molecule has 1 atom stereocenters. The van der Waals surface area contributed by atoms with Crippen molar-refractivity contribution in [3.8, 4) is 5.75 Å². The van der Waals surface area contributed by atoms with Crippen molar-refractivity contribution < 1.29 is 19.4 Å². The largest absolute Gasteiger partial charge is 0.490 e. The van der Waals surface area contributed by atoms with Crippen molar-refractivity contribution in [3.05, 3.63) is 59.2 Å². The number of aliphatic hydroxyl groups is 1. The van der Waals surface area contributed by atoms with Crippen molar-refractivity contribution >= 4 is 17.5 Å². The molecule has 1 saturated heterocycles. The van der Waals surface area contributed by atoms with Gasteiger partial charge in [0.1, 0.15) is 5.75 Å². The lowest BCUT2D eigenvalue weighted by atomic mass is 9.97. The van der Waals surface area contributed by atoms with Crippen LogP contribution < -0.4 is 15.0 Å². The van der Waals surface area contributed by atoms with E-state index in [1.807, 2.05) is 6.07 Å².